The molecular formula is C31H36ClN3O7S. The van der Waals surface area contributed by atoms with Crippen LogP contribution in [0.15, 0.2) is 77.7 Å². The zero-order valence-corrected chi connectivity index (χ0v) is 25.8. The summed E-state index contributed by atoms with van der Waals surface area (Å²) in [6.45, 7) is 3.20. The molecule has 3 aromatic carbocycles. The van der Waals surface area contributed by atoms with Crippen LogP contribution in [0.4, 0.5) is 0 Å². The number of carbonyl (C=O) groups excluding carboxylic acids is 2. The molecule has 4 rings (SSSR count). The first-order valence-electron chi connectivity index (χ1n) is 13.9. The molecule has 0 aliphatic carbocycles. The molecule has 0 spiro atoms. The van der Waals surface area contributed by atoms with E-state index in [-0.39, 0.29) is 24.0 Å². The first-order valence-corrected chi connectivity index (χ1v) is 15.7. The maximum absolute atomic E-state index is 13.4. The van der Waals surface area contributed by atoms with Crippen LogP contribution in [-0.2, 0) is 37.3 Å². The van der Waals surface area contributed by atoms with Crippen molar-refractivity contribution >= 4 is 33.4 Å². The lowest BCUT2D eigenvalue weighted by Crippen LogP contribution is -2.49. The lowest BCUT2D eigenvalue weighted by molar-refractivity contribution is -0.142. The van der Waals surface area contributed by atoms with Gasteiger partial charge in [0.15, 0.2) is 6.61 Å². The van der Waals surface area contributed by atoms with Crippen molar-refractivity contribution in [3.63, 3.8) is 0 Å². The van der Waals surface area contributed by atoms with Crippen molar-refractivity contribution < 1.29 is 32.2 Å². The summed E-state index contributed by atoms with van der Waals surface area (Å²) in [6, 6.07) is 19.8. The van der Waals surface area contributed by atoms with Gasteiger partial charge >= 0.3 is 0 Å². The van der Waals surface area contributed by atoms with E-state index in [0.717, 1.165) is 16.9 Å². The number of methoxy groups -OCH3 is 1. The molecule has 1 atom stereocenters. The average molecular weight is 630 g/mol. The SMILES string of the molecule is COc1ccc(CCNC(=O)C(C)N(Cc2ccc(Cl)cc2)C(=O)COc2ccc(S(=O)(=O)N3CCOCC3)cc2)cc1. The summed E-state index contributed by atoms with van der Waals surface area (Å²) in [5.74, 6) is 0.387. The molecule has 1 aliphatic rings. The van der Waals surface area contributed by atoms with Crippen LogP contribution in [0.3, 0.4) is 0 Å². The minimum absolute atomic E-state index is 0.136. The topological polar surface area (TPSA) is 114 Å². The second-order valence-corrected chi connectivity index (χ2v) is 12.4. The third-order valence-corrected chi connectivity index (χ3v) is 9.26. The van der Waals surface area contributed by atoms with Crippen molar-refractivity contribution in [3.05, 3.63) is 88.9 Å². The van der Waals surface area contributed by atoms with Crippen LogP contribution < -0.4 is 14.8 Å². The molecule has 2 amide bonds. The van der Waals surface area contributed by atoms with Crippen LogP contribution in [0.5, 0.6) is 11.5 Å². The van der Waals surface area contributed by atoms with Gasteiger partial charge in [-0.25, -0.2) is 8.42 Å². The highest BCUT2D eigenvalue weighted by Gasteiger charge is 2.28. The van der Waals surface area contributed by atoms with Crippen LogP contribution in [-0.4, -0.2) is 82.0 Å². The summed E-state index contributed by atoms with van der Waals surface area (Å²) in [6.07, 6.45) is 0.619. The van der Waals surface area contributed by atoms with E-state index in [1.165, 1.54) is 33.5 Å². The second-order valence-electron chi connectivity index (χ2n) is 9.99. The monoisotopic (exact) mass is 629 g/mol. The summed E-state index contributed by atoms with van der Waals surface area (Å²) in [4.78, 5) is 28.1. The Balaban J connectivity index is 1.38. The number of sulfonamides is 1. The molecule has 12 heteroatoms. The van der Waals surface area contributed by atoms with E-state index in [2.05, 4.69) is 5.32 Å². The van der Waals surface area contributed by atoms with Crippen molar-refractivity contribution in [2.45, 2.75) is 30.8 Å². The quantitative estimate of drug-likeness (QED) is 0.308. The van der Waals surface area contributed by atoms with Crippen LogP contribution >= 0.6 is 11.6 Å². The maximum atomic E-state index is 13.4. The molecule has 1 heterocycles. The number of hydrogen-bond acceptors (Lipinski definition) is 7. The highest BCUT2D eigenvalue weighted by Crippen LogP contribution is 2.21. The van der Waals surface area contributed by atoms with E-state index >= 15 is 0 Å². The minimum Gasteiger partial charge on any atom is -0.497 e. The van der Waals surface area contributed by atoms with Crippen molar-refractivity contribution in [3.8, 4) is 11.5 Å². The van der Waals surface area contributed by atoms with Crippen molar-refractivity contribution in [1.82, 2.24) is 14.5 Å². The second kappa shape index (κ2) is 15.2. The maximum Gasteiger partial charge on any atom is 0.261 e. The van der Waals surface area contributed by atoms with Gasteiger partial charge in [-0.2, -0.15) is 4.31 Å². The molecule has 43 heavy (non-hydrogen) atoms. The van der Waals surface area contributed by atoms with Gasteiger partial charge in [0, 0.05) is 31.2 Å². The lowest BCUT2D eigenvalue weighted by Gasteiger charge is -2.29. The van der Waals surface area contributed by atoms with E-state index in [9.17, 15) is 18.0 Å². The number of ether oxygens (including phenoxy) is 3. The number of hydrogen-bond donors (Lipinski definition) is 1. The molecule has 0 radical (unpaired) electrons. The Morgan fingerprint density at radius 1 is 0.953 bits per heavy atom. The van der Waals surface area contributed by atoms with Gasteiger partial charge in [0.2, 0.25) is 15.9 Å². The predicted molar refractivity (Wildman–Crippen MR) is 163 cm³/mol. The summed E-state index contributed by atoms with van der Waals surface area (Å²) in [5, 5.41) is 3.48. The van der Waals surface area contributed by atoms with E-state index in [4.69, 9.17) is 25.8 Å². The number of rotatable bonds is 13. The standard InChI is InChI=1S/C31H36ClN3O7S/c1-23(31(37)33-16-15-24-5-9-27(40-2)10-6-24)35(21-25-3-7-26(32)8-4-25)30(36)22-42-28-11-13-29(14-12-28)43(38,39)34-17-19-41-20-18-34/h3-14,23H,15-22H2,1-2H3,(H,33,37). The highest BCUT2D eigenvalue weighted by atomic mass is 35.5. The Morgan fingerprint density at radius 2 is 1.56 bits per heavy atom. The molecule has 0 saturated carbocycles. The van der Waals surface area contributed by atoms with Crippen LogP contribution in [0.25, 0.3) is 0 Å². The first-order chi connectivity index (χ1) is 20.7. The molecule has 0 bridgehead atoms. The van der Waals surface area contributed by atoms with Gasteiger partial charge in [0.25, 0.3) is 5.91 Å². The Kier molecular flexibility index (Phi) is 11.4. The van der Waals surface area contributed by atoms with Gasteiger partial charge in [-0.3, -0.25) is 9.59 Å². The summed E-state index contributed by atoms with van der Waals surface area (Å²) in [7, 11) is -2.04. The Bertz CT molecular complexity index is 1460. The van der Waals surface area contributed by atoms with Gasteiger partial charge in [-0.1, -0.05) is 35.9 Å². The molecular weight excluding hydrogens is 594 g/mol. The molecule has 10 nitrogen and oxygen atoms in total. The Hall–Kier alpha value is -3.64. The van der Waals surface area contributed by atoms with E-state index in [0.29, 0.717) is 50.0 Å². The van der Waals surface area contributed by atoms with Crippen LogP contribution in [0.1, 0.15) is 18.1 Å². The van der Waals surface area contributed by atoms with Crippen molar-refractivity contribution in [2.75, 3.05) is 46.6 Å². The first kappa shape index (κ1) is 32.3. The molecule has 3 aromatic rings. The number of benzene rings is 3. The number of carbonyl (C=O) groups is 2. The highest BCUT2D eigenvalue weighted by molar-refractivity contribution is 7.89. The van der Waals surface area contributed by atoms with Gasteiger partial charge in [0.1, 0.15) is 17.5 Å². The molecule has 1 saturated heterocycles. The fourth-order valence-corrected chi connectivity index (χ4v) is 6.04. The number of nitrogens with zero attached hydrogens (tertiary/aromatic N) is 2. The number of halogens is 1. The van der Waals surface area contributed by atoms with Crippen molar-refractivity contribution in [1.29, 1.82) is 0 Å². The Labute approximate surface area is 257 Å². The molecule has 230 valence electrons. The van der Waals surface area contributed by atoms with Gasteiger partial charge in [0.05, 0.1) is 25.2 Å². The minimum atomic E-state index is -3.65. The van der Waals surface area contributed by atoms with Gasteiger partial charge in [-0.05, 0) is 73.0 Å². The smallest absolute Gasteiger partial charge is 0.261 e. The third-order valence-electron chi connectivity index (χ3n) is 7.10. The number of amides is 2. The average Bonchev–Trinajstić information content (AvgIpc) is 3.04. The van der Waals surface area contributed by atoms with Crippen molar-refractivity contribution in [2.24, 2.45) is 0 Å². The van der Waals surface area contributed by atoms with Gasteiger partial charge < -0.3 is 24.4 Å². The third kappa shape index (κ3) is 8.93. The molecule has 0 aromatic heterocycles. The lowest BCUT2D eigenvalue weighted by atomic mass is 10.1. The largest absolute Gasteiger partial charge is 0.497 e. The van der Waals surface area contributed by atoms with E-state index in [1.54, 1.807) is 38.3 Å². The number of morpholine rings is 1. The normalized spacial score (nSPS) is 14.5. The van der Waals surface area contributed by atoms with Gasteiger partial charge in [-0.15, -0.1) is 0 Å². The predicted octanol–water partition coefficient (Wildman–Crippen LogP) is 3.52. The molecule has 1 aliphatic heterocycles. The fourth-order valence-electron chi connectivity index (χ4n) is 4.51. The summed E-state index contributed by atoms with van der Waals surface area (Å²) >= 11 is 6.03. The molecule has 1 unspecified atom stereocenters. The zero-order chi connectivity index (χ0) is 30.8. The van der Waals surface area contributed by atoms with E-state index in [1.807, 2.05) is 24.3 Å². The van der Waals surface area contributed by atoms with E-state index < -0.39 is 22.0 Å². The summed E-state index contributed by atoms with van der Waals surface area (Å²) < 4.78 is 43.3. The van der Waals surface area contributed by atoms with Crippen LogP contribution in [0, 0.1) is 0 Å². The summed E-state index contributed by atoms with van der Waals surface area (Å²) in [5.41, 5.74) is 1.84. The Morgan fingerprint density at radius 3 is 2.19 bits per heavy atom. The number of nitrogens with one attached hydrogen (secondary N) is 1. The zero-order valence-electron chi connectivity index (χ0n) is 24.2. The van der Waals surface area contributed by atoms with Crippen LogP contribution in [0.2, 0.25) is 5.02 Å². The molecule has 1 N–H and O–H groups in total. The molecule has 1 fully saturated rings. The fraction of sp³-hybridized carbons (Fsp3) is 0.355.